The summed E-state index contributed by atoms with van der Waals surface area (Å²) in [5, 5.41) is 3.22. The molecule has 0 bridgehead atoms. The van der Waals surface area contributed by atoms with E-state index >= 15 is 0 Å². The summed E-state index contributed by atoms with van der Waals surface area (Å²) in [6, 6.07) is 0. The second-order valence-electron chi connectivity index (χ2n) is 7.24. The van der Waals surface area contributed by atoms with Gasteiger partial charge in [0.1, 0.15) is 0 Å². The predicted octanol–water partition coefficient (Wildman–Crippen LogP) is 3.50. The third-order valence-corrected chi connectivity index (χ3v) is 5.55. The van der Waals surface area contributed by atoms with E-state index in [-0.39, 0.29) is 10.8 Å². The van der Waals surface area contributed by atoms with Crippen molar-refractivity contribution in [3.8, 4) is 0 Å². The number of hydrogen-bond acceptors (Lipinski definition) is 3. The molecule has 0 unspecified atom stereocenters. The molecule has 0 spiro atoms. The molecule has 126 valence electrons. The molecule has 0 aromatic carbocycles. The van der Waals surface area contributed by atoms with E-state index in [0.717, 1.165) is 19.8 Å². The van der Waals surface area contributed by atoms with Gasteiger partial charge in [0.2, 0.25) is 0 Å². The molecule has 0 heterocycles. The molecule has 0 amide bonds. The Kier molecular flexibility index (Phi) is 11.3. The fourth-order valence-electron chi connectivity index (χ4n) is 2.22. The van der Waals surface area contributed by atoms with Gasteiger partial charge in [-0.2, -0.15) is 10.2 Å². The van der Waals surface area contributed by atoms with Gasteiger partial charge in [-0.25, -0.2) is 0 Å². The van der Waals surface area contributed by atoms with Gasteiger partial charge in [0.05, 0.1) is 13.2 Å². The Balaban J connectivity index is 0. The van der Waals surface area contributed by atoms with E-state index in [4.69, 9.17) is 4.74 Å². The Morgan fingerprint density at radius 1 is 0.900 bits per heavy atom. The molecule has 4 heteroatoms. The molecule has 0 radical (unpaired) electrons. The average molecular weight is 309 g/mol. The Morgan fingerprint density at radius 2 is 1.35 bits per heavy atom. The summed E-state index contributed by atoms with van der Waals surface area (Å²) in [6.07, 6.45) is 4.64. The third kappa shape index (κ3) is 12.0. The van der Waals surface area contributed by atoms with Crippen molar-refractivity contribution < 1.29 is 4.74 Å². The highest BCUT2D eigenvalue weighted by molar-refractivity contribution is 8.31. The molecule has 0 saturated heterocycles. The SMILES string of the molecule is CC.CNCC(C)(C)COCC(C)(C)CS(C)(C)NC. The lowest BCUT2D eigenvalue weighted by molar-refractivity contribution is 0.0232. The van der Waals surface area contributed by atoms with Crippen LogP contribution in [0.4, 0.5) is 0 Å². The lowest BCUT2D eigenvalue weighted by Crippen LogP contribution is -2.35. The number of hydrogen-bond donors (Lipinski definition) is 2. The van der Waals surface area contributed by atoms with E-state index in [2.05, 4.69) is 57.3 Å². The predicted molar refractivity (Wildman–Crippen MR) is 97.0 cm³/mol. The quantitative estimate of drug-likeness (QED) is 0.684. The molecule has 0 aliphatic carbocycles. The van der Waals surface area contributed by atoms with E-state index in [9.17, 15) is 0 Å². The van der Waals surface area contributed by atoms with Gasteiger partial charge in [-0.15, -0.1) is 0 Å². The highest BCUT2D eigenvalue weighted by atomic mass is 32.3. The highest BCUT2D eigenvalue weighted by Gasteiger charge is 2.26. The minimum absolute atomic E-state index is 0.205. The van der Waals surface area contributed by atoms with Crippen molar-refractivity contribution in [2.45, 2.75) is 41.5 Å². The molecule has 0 aromatic rings. The van der Waals surface area contributed by atoms with Crippen molar-refractivity contribution in [3.63, 3.8) is 0 Å². The van der Waals surface area contributed by atoms with Gasteiger partial charge in [-0.1, -0.05) is 41.5 Å². The minimum atomic E-state index is -0.696. The summed E-state index contributed by atoms with van der Waals surface area (Å²) in [4.78, 5) is 0. The zero-order chi connectivity index (χ0) is 16.4. The molecule has 0 saturated carbocycles. The number of rotatable bonds is 9. The van der Waals surface area contributed by atoms with Gasteiger partial charge in [-0.05, 0) is 37.8 Å². The lowest BCUT2D eigenvalue weighted by atomic mass is 9.94. The van der Waals surface area contributed by atoms with Crippen molar-refractivity contribution in [1.82, 2.24) is 10.0 Å². The fraction of sp³-hybridized carbons (Fsp3) is 1.00. The third-order valence-electron chi connectivity index (χ3n) is 2.95. The molecular weight excluding hydrogens is 268 g/mol. The van der Waals surface area contributed by atoms with E-state index in [1.54, 1.807) is 0 Å². The van der Waals surface area contributed by atoms with E-state index in [1.165, 1.54) is 5.75 Å². The molecule has 0 rings (SSSR count). The Labute approximate surface area is 130 Å². The molecule has 20 heavy (non-hydrogen) atoms. The van der Waals surface area contributed by atoms with Crippen molar-refractivity contribution >= 4 is 10.2 Å². The van der Waals surface area contributed by atoms with Crippen LogP contribution in [0.1, 0.15) is 41.5 Å². The average Bonchev–Trinajstić information content (AvgIpc) is 2.29. The number of ether oxygens (including phenoxy) is 1. The topological polar surface area (TPSA) is 33.3 Å². The zero-order valence-corrected chi connectivity index (χ0v) is 16.5. The number of nitrogens with one attached hydrogen (secondary N) is 2. The first-order chi connectivity index (χ1) is 9.04. The van der Waals surface area contributed by atoms with Gasteiger partial charge in [0, 0.05) is 12.0 Å². The van der Waals surface area contributed by atoms with Gasteiger partial charge in [-0.3, -0.25) is 4.72 Å². The second-order valence-corrected chi connectivity index (χ2v) is 11.0. The van der Waals surface area contributed by atoms with E-state index in [1.807, 2.05) is 20.9 Å². The minimum Gasteiger partial charge on any atom is -0.380 e. The molecule has 3 nitrogen and oxygen atoms in total. The zero-order valence-electron chi connectivity index (χ0n) is 15.6. The Bertz CT molecular complexity index is 241. The maximum absolute atomic E-state index is 5.95. The van der Waals surface area contributed by atoms with Gasteiger partial charge < -0.3 is 10.1 Å². The van der Waals surface area contributed by atoms with Crippen LogP contribution < -0.4 is 10.0 Å². The standard InChI is InChI=1S/C14H34N2OS.C2H6/c1-13(2,9-15-5)10-17-11-14(3,4)12-18(7,8)16-6;1-2/h15-16H,9-12H2,1-8H3;1-2H3. The Hall–Kier alpha value is 0.230. The fourth-order valence-corrected chi connectivity index (χ4v) is 4.41. The summed E-state index contributed by atoms with van der Waals surface area (Å²) >= 11 is 0. The van der Waals surface area contributed by atoms with Gasteiger partial charge in [0.25, 0.3) is 0 Å². The van der Waals surface area contributed by atoms with Crippen molar-refractivity contribution in [2.75, 3.05) is 52.1 Å². The lowest BCUT2D eigenvalue weighted by Gasteiger charge is -2.39. The maximum atomic E-state index is 5.95. The molecule has 0 atom stereocenters. The first-order valence-corrected chi connectivity index (χ1v) is 10.3. The normalized spacial score (nSPS) is 13.7. The first-order valence-electron chi connectivity index (χ1n) is 7.65. The molecule has 2 N–H and O–H groups in total. The van der Waals surface area contributed by atoms with Crippen LogP contribution in [0.25, 0.3) is 0 Å². The van der Waals surface area contributed by atoms with E-state index in [0.29, 0.717) is 0 Å². The summed E-state index contributed by atoms with van der Waals surface area (Å²) < 4.78 is 9.39. The van der Waals surface area contributed by atoms with Crippen LogP contribution in [0.15, 0.2) is 0 Å². The van der Waals surface area contributed by atoms with Crippen LogP contribution >= 0.6 is 10.2 Å². The van der Waals surface area contributed by atoms with Crippen LogP contribution in [0, 0.1) is 10.8 Å². The van der Waals surface area contributed by atoms with Gasteiger partial charge in [0.15, 0.2) is 0 Å². The van der Waals surface area contributed by atoms with Crippen molar-refractivity contribution in [3.05, 3.63) is 0 Å². The second kappa shape index (κ2) is 10.0. The molecule has 0 aliphatic heterocycles. The largest absolute Gasteiger partial charge is 0.380 e. The van der Waals surface area contributed by atoms with Crippen LogP contribution in [-0.4, -0.2) is 52.1 Å². The smallest absolute Gasteiger partial charge is 0.0529 e. The van der Waals surface area contributed by atoms with Crippen LogP contribution in [0.2, 0.25) is 0 Å². The van der Waals surface area contributed by atoms with Crippen LogP contribution in [-0.2, 0) is 4.74 Å². The van der Waals surface area contributed by atoms with Crippen molar-refractivity contribution in [2.24, 2.45) is 10.8 Å². The molecular formula is C16H40N2OS. The maximum Gasteiger partial charge on any atom is 0.0529 e. The summed E-state index contributed by atoms with van der Waals surface area (Å²) in [7, 11) is 3.35. The van der Waals surface area contributed by atoms with Crippen molar-refractivity contribution in [1.29, 1.82) is 0 Å². The monoisotopic (exact) mass is 308 g/mol. The highest BCUT2D eigenvalue weighted by Crippen LogP contribution is 2.40. The Morgan fingerprint density at radius 3 is 1.75 bits per heavy atom. The molecule has 0 fully saturated rings. The van der Waals surface area contributed by atoms with Crippen LogP contribution in [0.5, 0.6) is 0 Å². The van der Waals surface area contributed by atoms with Gasteiger partial charge >= 0.3 is 0 Å². The summed E-state index contributed by atoms with van der Waals surface area (Å²) in [6.45, 7) is 15.7. The summed E-state index contributed by atoms with van der Waals surface area (Å²) in [5.74, 6) is 1.18. The van der Waals surface area contributed by atoms with Crippen LogP contribution in [0.3, 0.4) is 0 Å². The molecule has 0 aliphatic rings. The molecule has 0 aromatic heterocycles. The van der Waals surface area contributed by atoms with E-state index < -0.39 is 10.2 Å². The first kappa shape index (κ1) is 22.5. The summed E-state index contributed by atoms with van der Waals surface area (Å²) in [5.41, 5.74) is 0.438.